The summed E-state index contributed by atoms with van der Waals surface area (Å²) in [7, 11) is 1.59. The number of methoxy groups -OCH3 is 1. The van der Waals surface area contributed by atoms with Crippen LogP contribution in [-0.2, 0) is 14.3 Å². The number of nitrogens with zero attached hydrogens (tertiary/aromatic N) is 1. The predicted molar refractivity (Wildman–Crippen MR) is 74.9 cm³/mol. The molecule has 3 N–H and O–H groups in total. The van der Waals surface area contributed by atoms with Gasteiger partial charge in [-0.15, -0.1) is 0 Å². The standard InChI is InChI=1S/C14H25N3O3/c1-20-9-6-12(15)13(18)16-11-4-7-17(8-5-11)14(19)10-2-3-10/h10-12H,2-9,15H2,1H3,(H,16,18). The number of ether oxygens (including phenoxy) is 1. The number of piperidine rings is 1. The summed E-state index contributed by atoms with van der Waals surface area (Å²) in [5.41, 5.74) is 5.79. The van der Waals surface area contributed by atoms with E-state index >= 15 is 0 Å². The highest BCUT2D eigenvalue weighted by atomic mass is 16.5. The van der Waals surface area contributed by atoms with E-state index in [4.69, 9.17) is 10.5 Å². The van der Waals surface area contributed by atoms with E-state index in [1.807, 2.05) is 4.90 Å². The Hall–Kier alpha value is -1.14. The fraction of sp³-hybridized carbons (Fsp3) is 0.857. The van der Waals surface area contributed by atoms with Gasteiger partial charge in [0, 0.05) is 38.8 Å². The van der Waals surface area contributed by atoms with Gasteiger partial charge in [-0.2, -0.15) is 0 Å². The average molecular weight is 283 g/mol. The lowest BCUT2D eigenvalue weighted by molar-refractivity contribution is -0.133. The van der Waals surface area contributed by atoms with Crippen molar-refractivity contribution in [3.8, 4) is 0 Å². The lowest BCUT2D eigenvalue weighted by atomic mass is 10.0. The molecular formula is C14H25N3O3. The molecule has 0 bridgehead atoms. The van der Waals surface area contributed by atoms with Crippen molar-refractivity contribution in [1.29, 1.82) is 0 Å². The fourth-order valence-electron chi connectivity index (χ4n) is 2.52. The maximum atomic E-state index is 11.9. The van der Waals surface area contributed by atoms with E-state index in [9.17, 15) is 9.59 Å². The van der Waals surface area contributed by atoms with Crippen molar-refractivity contribution in [1.82, 2.24) is 10.2 Å². The summed E-state index contributed by atoms with van der Waals surface area (Å²) in [4.78, 5) is 25.7. The van der Waals surface area contributed by atoms with Crippen molar-refractivity contribution in [2.75, 3.05) is 26.8 Å². The zero-order valence-corrected chi connectivity index (χ0v) is 12.1. The molecule has 0 radical (unpaired) electrons. The molecule has 20 heavy (non-hydrogen) atoms. The molecule has 1 saturated carbocycles. The number of carbonyl (C=O) groups is 2. The number of carbonyl (C=O) groups excluding carboxylic acids is 2. The minimum Gasteiger partial charge on any atom is -0.385 e. The molecule has 114 valence electrons. The monoisotopic (exact) mass is 283 g/mol. The van der Waals surface area contributed by atoms with E-state index < -0.39 is 6.04 Å². The first-order valence-corrected chi connectivity index (χ1v) is 7.45. The Kier molecular flexibility index (Phi) is 5.37. The van der Waals surface area contributed by atoms with Crippen LogP contribution in [0.1, 0.15) is 32.1 Å². The van der Waals surface area contributed by atoms with E-state index in [1.165, 1.54) is 0 Å². The van der Waals surface area contributed by atoms with Gasteiger partial charge in [-0.3, -0.25) is 9.59 Å². The molecule has 0 spiro atoms. The second-order valence-corrected chi connectivity index (χ2v) is 5.77. The molecule has 1 aliphatic heterocycles. The number of hydrogen-bond donors (Lipinski definition) is 2. The molecule has 0 aromatic rings. The van der Waals surface area contributed by atoms with Gasteiger partial charge in [-0.25, -0.2) is 0 Å². The van der Waals surface area contributed by atoms with Gasteiger partial charge in [0.25, 0.3) is 0 Å². The summed E-state index contributed by atoms with van der Waals surface area (Å²) < 4.78 is 4.92. The van der Waals surface area contributed by atoms with Crippen LogP contribution in [0.2, 0.25) is 0 Å². The number of nitrogens with two attached hydrogens (primary N) is 1. The first-order valence-electron chi connectivity index (χ1n) is 7.45. The molecule has 2 fully saturated rings. The normalized spacial score (nSPS) is 21.6. The van der Waals surface area contributed by atoms with Gasteiger partial charge in [-0.05, 0) is 32.1 Å². The van der Waals surface area contributed by atoms with Gasteiger partial charge < -0.3 is 20.7 Å². The Morgan fingerprint density at radius 1 is 1.30 bits per heavy atom. The van der Waals surface area contributed by atoms with E-state index in [2.05, 4.69) is 5.32 Å². The smallest absolute Gasteiger partial charge is 0.237 e. The van der Waals surface area contributed by atoms with Gasteiger partial charge >= 0.3 is 0 Å². The third-order valence-electron chi connectivity index (χ3n) is 4.05. The summed E-state index contributed by atoms with van der Waals surface area (Å²) in [5, 5.41) is 2.97. The highest BCUT2D eigenvalue weighted by Crippen LogP contribution is 2.31. The molecule has 2 aliphatic rings. The van der Waals surface area contributed by atoms with Gasteiger partial charge in [0.1, 0.15) is 0 Å². The highest BCUT2D eigenvalue weighted by molar-refractivity contribution is 5.82. The Balaban J connectivity index is 1.68. The van der Waals surface area contributed by atoms with Crippen LogP contribution in [0.5, 0.6) is 0 Å². The fourth-order valence-corrected chi connectivity index (χ4v) is 2.52. The molecule has 0 aromatic carbocycles. The van der Waals surface area contributed by atoms with Gasteiger partial charge in [0.05, 0.1) is 6.04 Å². The highest BCUT2D eigenvalue weighted by Gasteiger charge is 2.35. The Morgan fingerprint density at radius 2 is 1.95 bits per heavy atom. The molecule has 1 aliphatic carbocycles. The summed E-state index contributed by atoms with van der Waals surface area (Å²) in [5.74, 6) is 0.462. The second kappa shape index (κ2) is 7.04. The summed E-state index contributed by atoms with van der Waals surface area (Å²) in [6.07, 6.45) is 4.26. The summed E-state index contributed by atoms with van der Waals surface area (Å²) in [6.45, 7) is 1.98. The summed E-state index contributed by atoms with van der Waals surface area (Å²) >= 11 is 0. The van der Waals surface area contributed by atoms with E-state index in [0.29, 0.717) is 18.9 Å². The van der Waals surface area contributed by atoms with E-state index in [1.54, 1.807) is 7.11 Å². The zero-order valence-electron chi connectivity index (χ0n) is 12.1. The van der Waals surface area contributed by atoms with Crippen LogP contribution in [0.4, 0.5) is 0 Å². The van der Waals surface area contributed by atoms with Crippen LogP contribution in [0.15, 0.2) is 0 Å². The lowest BCUT2D eigenvalue weighted by Gasteiger charge is -2.33. The Labute approximate surface area is 120 Å². The summed E-state index contributed by atoms with van der Waals surface area (Å²) in [6, 6.07) is -0.375. The molecule has 2 amide bonds. The van der Waals surface area contributed by atoms with Crippen LogP contribution >= 0.6 is 0 Å². The number of rotatable bonds is 6. The maximum absolute atomic E-state index is 11.9. The molecule has 2 rings (SSSR count). The average Bonchev–Trinajstić information content (AvgIpc) is 3.29. The number of amides is 2. The van der Waals surface area contributed by atoms with Crippen LogP contribution in [-0.4, -0.2) is 55.6 Å². The predicted octanol–water partition coefficient (Wildman–Crippen LogP) is -0.133. The first kappa shape index (κ1) is 15.3. The molecule has 6 nitrogen and oxygen atoms in total. The van der Waals surface area contributed by atoms with E-state index in [-0.39, 0.29) is 17.9 Å². The van der Waals surface area contributed by atoms with Gasteiger partial charge in [0.15, 0.2) is 0 Å². The van der Waals surface area contributed by atoms with Crippen molar-refractivity contribution >= 4 is 11.8 Å². The molecular weight excluding hydrogens is 258 g/mol. The molecule has 6 heteroatoms. The minimum atomic E-state index is -0.513. The van der Waals surface area contributed by atoms with Crippen molar-refractivity contribution < 1.29 is 14.3 Å². The van der Waals surface area contributed by atoms with Crippen molar-refractivity contribution in [2.45, 2.75) is 44.2 Å². The van der Waals surface area contributed by atoms with E-state index in [0.717, 1.165) is 38.8 Å². The Morgan fingerprint density at radius 3 is 2.50 bits per heavy atom. The largest absolute Gasteiger partial charge is 0.385 e. The molecule has 1 saturated heterocycles. The first-order chi connectivity index (χ1) is 9.61. The molecule has 0 aromatic heterocycles. The van der Waals surface area contributed by atoms with Gasteiger partial charge in [-0.1, -0.05) is 0 Å². The van der Waals surface area contributed by atoms with Crippen LogP contribution < -0.4 is 11.1 Å². The number of nitrogens with one attached hydrogen (secondary N) is 1. The van der Waals surface area contributed by atoms with Gasteiger partial charge in [0.2, 0.25) is 11.8 Å². The zero-order chi connectivity index (χ0) is 14.5. The molecule has 1 atom stereocenters. The van der Waals surface area contributed by atoms with Crippen LogP contribution in [0.3, 0.4) is 0 Å². The minimum absolute atomic E-state index is 0.117. The van der Waals surface area contributed by atoms with Crippen molar-refractivity contribution in [3.05, 3.63) is 0 Å². The number of likely N-dealkylation sites (tertiary alicyclic amines) is 1. The lowest BCUT2D eigenvalue weighted by Crippen LogP contribution is -2.50. The maximum Gasteiger partial charge on any atom is 0.237 e. The van der Waals surface area contributed by atoms with Crippen molar-refractivity contribution in [2.24, 2.45) is 11.7 Å². The molecule has 1 heterocycles. The number of hydrogen-bond acceptors (Lipinski definition) is 4. The van der Waals surface area contributed by atoms with Crippen LogP contribution in [0.25, 0.3) is 0 Å². The third kappa shape index (κ3) is 4.18. The molecule has 1 unspecified atom stereocenters. The third-order valence-corrected chi connectivity index (χ3v) is 4.05. The van der Waals surface area contributed by atoms with Crippen molar-refractivity contribution in [3.63, 3.8) is 0 Å². The Bertz CT molecular complexity index is 350. The van der Waals surface area contributed by atoms with Crippen LogP contribution in [0, 0.1) is 5.92 Å². The second-order valence-electron chi connectivity index (χ2n) is 5.77. The quantitative estimate of drug-likeness (QED) is 0.711. The SMILES string of the molecule is COCCC(N)C(=O)NC1CCN(C(=O)C2CC2)CC1. The topological polar surface area (TPSA) is 84.7 Å².